The molecule has 1 heterocycles. The van der Waals surface area contributed by atoms with E-state index < -0.39 is 0 Å². The van der Waals surface area contributed by atoms with E-state index in [1.54, 1.807) is 11.8 Å². The van der Waals surface area contributed by atoms with Crippen molar-refractivity contribution in [3.05, 3.63) is 60.2 Å². The predicted octanol–water partition coefficient (Wildman–Crippen LogP) is 1.26. The Kier molecular flexibility index (Phi) is 5.68. The Hall–Kier alpha value is -2.66. The minimum Gasteiger partial charge on any atom is -0.360 e. The molecule has 1 aliphatic rings. The Balaban J connectivity index is 1.52. The fourth-order valence-electron chi connectivity index (χ4n) is 3.29. The number of likely N-dealkylation sites (N-methyl/N-ethyl adjacent to an activating group) is 1. The number of ketones is 1. The molecule has 0 atom stereocenters. The van der Waals surface area contributed by atoms with E-state index in [2.05, 4.69) is 4.90 Å². The van der Waals surface area contributed by atoms with Gasteiger partial charge in [-0.25, -0.2) is 0 Å². The molecule has 1 fully saturated rings. The number of nitrogens with zero attached hydrogens (tertiary/aromatic N) is 2. The Morgan fingerprint density at radius 3 is 2.19 bits per heavy atom. The maximum Gasteiger partial charge on any atom is 0.281 e. The molecule has 1 N–H and O–H groups in total. The molecule has 0 unspecified atom stereocenters. The molecule has 0 saturated carbocycles. The average molecular weight is 352 g/mol. The molecule has 2 aromatic rings. The molecule has 136 valence electrons. The highest BCUT2D eigenvalue weighted by atomic mass is 16.2. The SMILES string of the molecule is CC(=O)c1ccc(N2CC[NH+](CC(=O)N(C)c3ccccc3)CC2)cc1. The van der Waals surface area contributed by atoms with Crippen LogP contribution in [0.25, 0.3) is 0 Å². The van der Waals surface area contributed by atoms with E-state index in [1.165, 1.54) is 4.90 Å². The summed E-state index contributed by atoms with van der Waals surface area (Å²) in [5.74, 6) is 0.234. The number of para-hydroxylation sites is 1. The Bertz CT molecular complexity index is 751. The number of carbonyl (C=O) groups excluding carboxylic acids is 2. The molecule has 3 rings (SSSR count). The molecule has 26 heavy (non-hydrogen) atoms. The number of carbonyl (C=O) groups is 2. The molecule has 0 bridgehead atoms. The molecular weight excluding hydrogens is 326 g/mol. The number of Topliss-reactive ketones (excluding diaryl/α,β-unsaturated/α-hetero) is 1. The van der Waals surface area contributed by atoms with Crippen molar-refractivity contribution in [1.29, 1.82) is 0 Å². The first kappa shape index (κ1) is 18.1. The van der Waals surface area contributed by atoms with Crippen molar-refractivity contribution in [1.82, 2.24) is 0 Å². The van der Waals surface area contributed by atoms with Crippen molar-refractivity contribution >= 4 is 23.1 Å². The smallest absolute Gasteiger partial charge is 0.281 e. The van der Waals surface area contributed by atoms with Gasteiger partial charge in [0.25, 0.3) is 5.91 Å². The minimum atomic E-state index is 0.0897. The van der Waals surface area contributed by atoms with Gasteiger partial charge in [0.1, 0.15) is 0 Å². The third-order valence-corrected chi connectivity index (χ3v) is 5.03. The number of quaternary nitrogens is 1. The second kappa shape index (κ2) is 8.15. The van der Waals surface area contributed by atoms with Gasteiger partial charge in [-0.15, -0.1) is 0 Å². The topological polar surface area (TPSA) is 45.1 Å². The van der Waals surface area contributed by atoms with E-state index in [9.17, 15) is 9.59 Å². The van der Waals surface area contributed by atoms with Gasteiger partial charge >= 0.3 is 0 Å². The number of nitrogens with one attached hydrogen (secondary N) is 1. The highest BCUT2D eigenvalue weighted by Gasteiger charge is 2.24. The summed E-state index contributed by atoms with van der Waals surface area (Å²) in [4.78, 5) is 29.3. The predicted molar refractivity (Wildman–Crippen MR) is 104 cm³/mol. The van der Waals surface area contributed by atoms with Gasteiger partial charge in [0.15, 0.2) is 12.3 Å². The fourth-order valence-corrected chi connectivity index (χ4v) is 3.29. The summed E-state index contributed by atoms with van der Waals surface area (Å²) < 4.78 is 0. The van der Waals surface area contributed by atoms with Crippen LogP contribution in [0, 0.1) is 0 Å². The summed E-state index contributed by atoms with van der Waals surface area (Å²) in [7, 11) is 1.84. The van der Waals surface area contributed by atoms with E-state index in [0.717, 1.165) is 43.1 Å². The van der Waals surface area contributed by atoms with Gasteiger partial charge in [0.2, 0.25) is 0 Å². The molecule has 5 nitrogen and oxygen atoms in total. The summed E-state index contributed by atoms with van der Waals surface area (Å²) in [6.45, 7) is 5.79. The standard InChI is InChI=1S/C21H25N3O2/c1-17(25)18-8-10-20(11-9-18)24-14-12-23(13-15-24)16-21(26)22(2)19-6-4-3-5-7-19/h3-11H,12-16H2,1-2H3/p+1. The van der Waals surface area contributed by atoms with Gasteiger partial charge in [0, 0.05) is 24.0 Å². The number of piperazine rings is 1. The highest BCUT2D eigenvalue weighted by molar-refractivity contribution is 5.94. The number of hydrogen-bond donors (Lipinski definition) is 1. The molecule has 1 aliphatic heterocycles. The van der Waals surface area contributed by atoms with Gasteiger partial charge in [0.05, 0.1) is 26.2 Å². The van der Waals surface area contributed by atoms with Gasteiger partial charge < -0.3 is 14.7 Å². The second-order valence-electron chi connectivity index (χ2n) is 6.81. The van der Waals surface area contributed by atoms with E-state index in [0.29, 0.717) is 6.54 Å². The van der Waals surface area contributed by atoms with Crippen LogP contribution < -0.4 is 14.7 Å². The lowest BCUT2D eigenvalue weighted by Gasteiger charge is -2.34. The molecule has 2 aromatic carbocycles. The normalized spacial score (nSPS) is 14.9. The van der Waals surface area contributed by atoms with E-state index in [-0.39, 0.29) is 11.7 Å². The molecule has 0 radical (unpaired) electrons. The van der Waals surface area contributed by atoms with Crippen molar-refractivity contribution in [2.45, 2.75) is 6.92 Å². The van der Waals surface area contributed by atoms with Crippen LogP contribution in [0.15, 0.2) is 54.6 Å². The summed E-state index contributed by atoms with van der Waals surface area (Å²) >= 11 is 0. The van der Waals surface area contributed by atoms with Crippen LogP contribution in [-0.4, -0.2) is 51.5 Å². The zero-order chi connectivity index (χ0) is 18.5. The number of benzene rings is 2. The Morgan fingerprint density at radius 2 is 1.62 bits per heavy atom. The van der Waals surface area contributed by atoms with Gasteiger partial charge in [-0.3, -0.25) is 9.59 Å². The first-order valence-corrected chi connectivity index (χ1v) is 9.06. The lowest BCUT2D eigenvalue weighted by Crippen LogP contribution is -3.16. The molecule has 0 aromatic heterocycles. The summed E-state index contributed by atoms with van der Waals surface area (Å²) in [5.41, 5.74) is 2.82. The molecule has 1 saturated heterocycles. The van der Waals surface area contributed by atoms with Crippen LogP contribution in [0.5, 0.6) is 0 Å². The third-order valence-electron chi connectivity index (χ3n) is 5.03. The molecule has 5 heteroatoms. The fraction of sp³-hybridized carbons (Fsp3) is 0.333. The van der Waals surface area contributed by atoms with Crippen LogP contribution in [-0.2, 0) is 4.79 Å². The molecule has 1 amide bonds. The lowest BCUT2D eigenvalue weighted by molar-refractivity contribution is -0.892. The lowest BCUT2D eigenvalue weighted by atomic mass is 10.1. The monoisotopic (exact) mass is 352 g/mol. The van der Waals surface area contributed by atoms with E-state index in [4.69, 9.17) is 0 Å². The summed E-state index contributed by atoms with van der Waals surface area (Å²) in [6.07, 6.45) is 0. The van der Waals surface area contributed by atoms with Crippen LogP contribution in [0.2, 0.25) is 0 Å². The molecular formula is C21H26N3O2+. The number of hydrogen-bond acceptors (Lipinski definition) is 3. The van der Waals surface area contributed by atoms with Crippen LogP contribution in [0.3, 0.4) is 0 Å². The number of amides is 1. The van der Waals surface area contributed by atoms with E-state index >= 15 is 0 Å². The van der Waals surface area contributed by atoms with Crippen molar-refractivity contribution in [2.24, 2.45) is 0 Å². The third kappa shape index (κ3) is 4.29. The first-order chi connectivity index (χ1) is 12.5. The van der Waals surface area contributed by atoms with Gasteiger partial charge in [-0.1, -0.05) is 18.2 Å². The van der Waals surface area contributed by atoms with E-state index in [1.807, 2.05) is 61.6 Å². The minimum absolute atomic E-state index is 0.0897. The zero-order valence-electron chi connectivity index (χ0n) is 15.4. The first-order valence-electron chi connectivity index (χ1n) is 9.06. The van der Waals surface area contributed by atoms with Crippen molar-refractivity contribution in [2.75, 3.05) is 49.6 Å². The Morgan fingerprint density at radius 1 is 1.00 bits per heavy atom. The molecule has 0 aliphatic carbocycles. The number of anilines is 2. The largest absolute Gasteiger partial charge is 0.360 e. The van der Waals surface area contributed by atoms with Crippen molar-refractivity contribution in [3.63, 3.8) is 0 Å². The maximum absolute atomic E-state index is 12.5. The zero-order valence-corrected chi connectivity index (χ0v) is 15.4. The van der Waals surface area contributed by atoms with Crippen LogP contribution in [0.1, 0.15) is 17.3 Å². The average Bonchev–Trinajstić information content (AvgIpc) is 2.68. The van der Waals surface area contributed by atoms with Crippen molar-refractivity contribution in [3.8, 4) is 0 Å². The van der Waals surface area contributed by atoms with Gasteiger partial charge in [-0.2, -0.15) is 0 Å². The van der Waals surface area contributed by atoms with Crippen molar-refractivity contribution < 1.29 is 14.5 Å². The van der Waals surface area contributed by atoms with Crippen LogP contribution in [0.4, 0.5) is 11.4 Å². The Labute approximate surface area is 154 Å². The maximum atomic E-state index is 12.5. The summed E-state index contributed by atoms with van der Waals surface area (Å²) in [6, 6.07) is 17.5. The quantitative estimate of drug-likeness (QED) is 0.824. The number of rotatable bonds is 5. The van der Waals surface area contributed by atoms with Gasteiger partial charge in [-0.05, 0) is 43.3 Å². The second-order valence-corrected chi connectivity index (χ2v) is 6.81. The van der Waals surface area contributed by atoms with Crippen LogP contribution >= 0.6 is 0 Å². The summed E-state index contributed by atoms with van der Waals surface area (Å²) in [5, 5.41) is 0. The highest BCUT2D eigenvalue weighted by Crippen LogP contribution is 2.15. The molecule has 0 spiro atoms.